The van der Waals surface area contributed by atoms with Gasteiger partial charge in [-0.25, -0.2) is 0 Å². The fourth-order valence-corrected chi connectivity index (χ4v) is 10.1. The van der Waals surface area contributed by atoms with Crippen molar-refractivity contribution in [1.29, 1.82) is 0 Å². The second-order valence-electron chi connectivity index (χ2n) is 19.1. The average Bonchev–Trinajstić information content (AvgIpc) is 3.54. The van der Waals surface area contributed by atoms with E-state index in [0.717, 1.165) is 48.0 Å². The number of nitrogens with zero attached hydrogens (tertiary/aromatic N) is 2. The summed E-state index contributed by atoms with van der Waals surface area (Å²) < 4.78 is 2.76. The van der Waals surface area contributed by atoms with Crippen LogP contribution in [0, 0.1) is 17.9 Å². The van der Waals surface area contributed by atoms with E-state index < -0.39 is 0 Å². The Morgan fingerprint density at radius 2 is 1.43 bits per heavy atom. The molecule has 2 heterocycles. The molecule has 1 N–H and O–H groups in total. The van der Waals surface area contributed by atoms with E-state index in [-0.39, 0.29) is 48.3 Å². The third kappa shape index (κ3) is 9.33. The monoisotopic (exact) mass is 972 g/mol. The van der Waals surface area contributed by atoms with Crippen LogP contribution in [-0.4, -0.2) is 21.8 Å². The predicted molar refractivity (Wildman–Crippen MR) is 252 cm³/mol. The van der Waals surface area contributed by atoms with E-state index in [2.05, 4.69) is 157 Å². The average molecular weight is 972 g/mol. The summed E-state index contributed by atoms with van der Waals surface area (Å²) in [7, 11) is 0. The number of fused-ring (bicyclic) bond motifs is 7. The number of aliphatic hydroxyl groups excluding tert-OH is 1. The Morgan fingerprint density at radius 1 is 0.810 bits per heavy atom. The van der Waals surface area contributed by atoms with Crippen molar-refractivity contribution < 1.29 is 25.2 Å². The van der Waals surface area contributed by atoms with Gasteiger partial charge in [-0.1, -0.05) is 124 Å². The molecule has 1 aliphatic rings. The fraction of sp³-hybridized carbons (Fsp3) is 0.472. The third-order valence-corrected chi connectivity index (χ3v) is 13.9. The van der Waals surface area contributed by atoms with E-state index in [1.807, 2.05) is 23.6 Å². The molecule has 7 rings (SSSR count). The Balaban J connectivity index is 0.000000289. The number of hydrogen-bond acceptors (Lipinski definition) is 4. The van der Waals surface area contributed by atoms with Gasteiger partial charge < -0.3 is 5.11 Å². The van der Waals surface area contributed by atoms with Crippen LogP contribution in [-0.2, 0) is 36.4 Å². The molecule has 5 heteroatoms. The molecule has 0 spiro atoms. The van der Waals surface area contributed by atoms with Crippen molar-refractivity contribution in [3.05, 3.63) is 101 Å². The summed E-state index contributed by atoms with van der Waals surface area (Å²) in [6.07, 6.45) is 10.6. The van der Waals surface area contributed by atoms with Crippen molar-refractivity contribution in [2.75, 3.05) is 0 Å². The Bertz CT molecular complexity index is 2450. The van der Waals surface area contributed by atoms with Gasteiger partial charge in [0, 0.05) is 81.1 Å². The van der Waals surface area contributed by atoms with Crippen LogP contribution in [0.4, 0.5) is 0 Å². The first-order chi connectivity index (χ1) is 26.9. The Labute approximate surface area is 367 Å². The van der Waals surface area contributed by atoms with E-state index in [1.165, 1.54) is 65.9 Å². The van der Waals surface area contributed by atoms with Crippen LogP contribution >= 0.6 is 11.3 Å². The van der Waals surface area contributed by atoms with Gasteiger partial charge in [-0.3, -0.25) is 9.98 Å². The van der Waals surface area contributed by atoms with E-state index in [9.17, 15) is 5.11 Å². The van der Waals surface area contributed by atoms with Crippen molar-refractivity contribution in [1.82, 2.24) is 4.98 Å². The summed E-state index contributed by atoms with van der Waals surface area (Å²) in [5.41, 5.74) is 7.97. The zero-order valence-electron chi connectivity index (χ0n) is 37.5. The maximum Gasteiger partial charge on any atom is 0.0971 e. The third-order valence-electron chi connectivity index (χ3n) is 12.7. The first kappa shape index (κ1) is 45.7. The number of pyridine rings is 1. The largest absolute Gasteiger partial charge is 0.512 e. The fourth-order valence-electron chi connectivity index (χ4n) is 8.89. The van der Waals surface area contributed by atoms with Crippen LogP contribution in [0.25, 0.3) is 53.0 Å². The minimum absolute atomic E-state index is 0. The first-order valence-corrected chi connectivity index (χ1v) is 22.5. The van der Waals surface area contributed by atoms with Crippen molar-refractivity contribution in [2.24, 2.45) is 16.8 Å². The molecule has 0 amide bonds. The summed E-state index contributed by atoms with van der Waals surface area (Å²) in [6.45, 7) is 29.3. The van der Waals surface area contributed by atoms with Crippen LogP contribution in [0.5, 0.6) is 0 Å². The Hall–Kier alpha value is -3.37. The molecule has 0 atom stereocenters. The number of aromatic nitrogens is 1. The SMILES string of the molecule is CC(C)(C)c1cc(-c2cc3c(ccc4c5cc6c(cc5sc34)C(C)(C)CCC6(C)C)cn2)[c-]c2ccccc12.CCC(CC)C(/C=C(\O)C(CC)CC)=NC(C)C.[Ir]. The van der Waals surface area contributed by atoms with Crippen LogP contribution in [0.3, 0.4) is 0 Å². The molecule has 58 heavy (non-hydrogen) atoms. The predicted octanol–water partition coefficient (Wildman–Crippen LogP) is 16.0. The van der Waals surface area contributed by atoms with E-state index in [0.29, 0.717) is 11.7 Å². The topological polar surface area (TPSA) is 45.5 Å². The number of benzene rings is 4. The quantitative estimate of drug-likeness (QED) is 0.0891. The van der Waals surface area contributed by atoms with Gasteiger partial charge in [0.1, 0.15) is 0 Å². The minimum Gasteiger partial charge on any atom is -0.512 e. The van der Waals surface area contributed by atoms with Gasteiger partial charge in [-0.05, 0) is 103 Å². The Morgan fingerprint density at radius 3 is 2.03 bits per heavy atom. The number of thiophene rings is 1. The van der Waals surface area contributed by atoms with Gasteiger partial charge in [0.2, 0.25) is 0 Å². The molecule has 2 aromatic heterocycles. The molecule has 3 nitrogen and oxygen atoms in total. The minimum atomic E-state index is 0. The van der Waals surface area contributed by atoms with Gasteiger partial charge in [0.05, 0.1) is 5.76 Å². The smallest absolute Gasteiger partial charge is 0.0971 e. The molecule has 1 radical (unpaired) electrons. The standard InChI is InChI=1S/C37H36NS.C16H31NO.Ir/c1-35(2,3)29-17-24(16-22-10-8-9-11-25(22)29)32-19-27-23(21-38-32)12-13-26-28-18-30-31(20-33(28)39-34(26)27)37(6,7)15-14-36(30,4)5;1-7-13(8-2)15(17-12(5)6)11-16(18)14(9-3)10-4;/h8-13,17-21H,14-15H2,1-7H3;11-14,18H,7-10H2,1-6H3;/q-1;;/b;16-11-,17-15?;. The number of rotatable bonds is 9. The molecule has 0 aliphatic heterocycles. The maximum atomic E-state index is 10.2. The molecule has 311 valence electrons. The summed E-state index contributed by atoms with van der Waals surface area (Å²) in [6, 6.07) is 26.8. The van der Waals surface area contributed by atoms with Crippen LogP contribution < -0.4 is 0 Å². The molecule has 1 aliphatic carbocycles. The number of hydrogen-bond donors (Lipinski definition) is 1. The summed E-state index contributed by atoms with van der Waals surface area (Å²) >= 11 is 1.94. The van der Waals surface area contributed by atoms with Crippen molar-refractivity contribution in [3.8, 4) is 11.3 Å². The van der Waals surface area contributed by atoms with E-state index >= 15 is 0 Å². The molecule has 0 fully saturated rings. The molecule has 0 saturated heterocycles. The molecule has 0 bridgehead atoms. The van der Waals surface area contributed by atoms with Gasteiger partial charge in [-0.15, -0.1) is 40.5 Å². The first-order valence-electron chi connectivity index (χ1n) is 21.7. The number of aliphatic hydroxyl groups is 1. The molecular weight excluding hydrogens is 905 g/mol. The second kappa shape index (κ2) is 18.1. The normalized spacial score (nSPS) is 15.7. The summed E-state index contributed by atoms with van der Waals surface area (Å²) in [4.78, 5) is 9.63. The zero-order valence-corrected chi connectivity index (χ0v) is 40.7. The van der Waals surface area contributed by atoms with E-state index in [4.69, 9.17) is 9.98 Å². The second-order valence-corrected chi connectivity index (χ2v) is 20.2. The maximum absolute atomic E-state index is 10.2. The zero-order chi connectivity index (χ0) is 41.4. The molecule has 0 unspecified atom stereocenters. The van der Waals surface area contributed by atoms with Crippen LogP contribution in [0.15, 0.2) is 83.7 Å². The number of allylic oxidation sites excluding steroid dienone is 2. The molecule has 6 aromatic rings. The molecule has 0 saturated carbocycles. The van der Waals surface area contributed by atoms with Crippen molar-refractivity contribution >= 4 is 58.8 Å². The van der Waals surface area contributed by atoms with Crippen LogP contribution in [0.1, 0.15) is 145 Å². The van der Waals surface area contributed by atoms with Gasteiger partial charge in [0.15, 0.2) is 0 Å². The van der Waals surface area contributed by atoms with Gasteiger partial charge in [-0.2, -0.15) is 0 Å². The van der Waals surface area contributed by atoms with Crippen LogP contribution in [0.2, 0.25) is 0 Å². The molecule has 4 aromatic carbocycles. The van der Waals surface area contributed by atoms with Crippen molar-refractivity contribution in [3.63, 3.8) is 0 Å². The van der Waals surface area contributed by atoms with E-state index in [1.54, 1.807) is 0 Å². The van der Waals surface area contributed by atoms with Crippen molar-refractivity contribution in [2.45, 2.75) is 151 Å². The van der Waals surface area contributed by atoms with Gasteiger partial charge in [0.25, 0.3) is 0 Å². The molecular formula is C53H67IrN2OS-. The summed E-state index contributed by atoms with van der Waals surface area (Å²) in [5.74, 6) is 1.24. The Kier molecular flexibility index (Phi) is 14.3. The number of aliphatic imine (C=N–C) groups is 1. The van der Waals surface area contributed by atoms with Gasteiger partial charge >= 0.3 is 0 Å². The summed E-state index contributed by atoms with van der Waals surface area (Å²) in [5, 5.41) is 17.9.